The zero-order valence-electron chi connectivity index (χ0n) is 15.9. The predicted molar refractivity (Wildman–Crippen MR) is 111 cm³/mol. The van der Waals surface area contributed by atoms with Crippen molar-refractivity contribution >= 4 is 11.9 Å². The monoisotopic (exact) mass is 398 g/mol. The minimum atomic E-state index is -1.23. The number of rotatable bonds is 6. The summed E-state index contributed by atoms with van der Waals surface area (Å²) in [5.41, 5.74) is 7.44. The number of esters is 1. The molecule has 3 aromatic carbocycles. The van der Waals surface area contributed by atoms with Crippen LogP contribution in [0.25, 0.3) is 17.1 Å². The summed E-state index contributed by atoms with van der Waals surface area (Å²) in [6.45, 7) is 0. The van der Waals surface area contributed by atoms with Gasteiger partial charge in [-0.3, -0.25) is 4.79 Å². The Morgan fingerprint density at radius 3 is 2.00 bits per heavy atom. The van der Waals surface area contributed by atoms with E-state index < -0.39 is 18.0 Å². The summed E-state index contributed by atoms with van der Waals surface area (Å²) in [4.78, 5) is 29.1. The van der Waals surface area contributed by atoms with Gasteiger partial charge in [0.05, 0.1) is 5.69 Å². The van der Waals surface area contributed by atoms with Gasteiger partial charge in [0.1, 0.15) is 0 Å². The van der Waals surface area contributed by atoms with Gasteiger partial charge in [-0.2, -0.15) is 0 Å². The maximum Gasteiger partial charge on any atom is 0.379 e. The fraction of sp³-hybridized carbons (Fsp3) is 0.0435. The van der Waals surface area contributed by atoms with Gasteiger partial charge in [-0.05, 0) is 12.1 Å². The van der Waals surface area contributed by atoms with E-state index in [4.69, 9.17) is 10.5 Å². The number of hydrogen-bond acceptors (Lipinski definition) is 5. The lowest BCUT2D eigenvalue weighted by atomic mass is 10.1. The Morgan fingerprint density at radius 1 is 0.833 bits per heavy atom. The summed E-state index contributed by atoms with van der Waals surface area (Å²) in [6, 6.07) is 27.3. The van der Waals surface area contributed by atoms with Crippen LogP contribution in [0.3, 0.4) is 0 Å². The first kappa shape index (κ1) is 19.1. The summed E-state index contributed by atoms with van der Waals surface area (Å²) in [5.74, 6) is -1.31. The molecule has 0 saturated carbocycles. The van der Waals surface area contributed by atoms with Gasteiger partial charge < -0.3 is 10.5 Å². The lowest BCUT2D eigenvalue weighted by Gasteiger charge is -2.13. The Hall–Kier alpha value is -4.26. The molecule has 0 bridgehead atoms. The van der Waals surface area contributed by atoms with Crippen molar-refractivity contribution in [3.8, 4) is 17.1 Å². The highest BCUT2D eigenvalue weighted by Gasteiger charge is 2.27. The number of benzene rings is 3. The van der Waals surface area contributed by atoms with Gasteiger partial charge in [-0.15, -0.1) is 5.10 Å². The maximum atomic E-state index is 12.8. The molecule has 0 aliphatic heterocycles. The van der Waals surface area contributed by atoms with E-state index in [-0.39, 0.29) is 5.82 Å². The van der Waals surface area contributed by atoms with Crippen molar-refractivity contribution in [3.05, 3.63) is 102 Å². The quantitative estimate of drug-likeness (QED) is 0.502. The Balaban J connectivity index is 1.71. The predicted octanol–water partition coefficient (Wildman–Crippen LogP) is 3.32. The number of nitrogens with zero attached hydrogens (tertiary/aromatic N) is 3. The molecule has 0 aliphatic carbocycles. The van der Waals surface area contributed by atoms with Gasteiger partial charge in [0.25, 0.3) is 11.7 Å². The van der Waals surface area contributed by atoms with Crippen LogP contribution in [0.4, 0.5) is 0 Å². The number of para-hydroxylation sites is 1. The van der Waals surface area contributed by atoms with E-state index in [1.165, 1.54) is 0 Å². The molecule has 148 valence electrons. The molecule has 1 unspecified atom stereocenters. The number of aromatic nitrogens is 3. The van der Waals surface area contributed by atoms with Gasteiger partial charge in [0.15, 0.2) is 5.82 Å². The maximum absolute atomic E-state index is 12.8. The summed E-state index contributed by atoms with van der Waals surface area (Å²) < 4.78 is 6.94. The lowest BCUT2D eigenvalue weighted by molar-refractivity contribution is -0.127. The zero-order chi connectivity index (χ0) is 20.9. The average molecular weight is 398 g/mol. The second kappa shape index (κ2) is 8.40. The topological polar surface area (TPSA) is 100 Å². The molecule has 0 aliphatic rings. The Kier molecular flexibility index (Phi) is 5.34. The third-order valence-corrected chi connectivity index (χ3v) is 4.41. The molecule has 0 spiro atoms. The van der Waals surface area contributed by atoms with Crippen molar-refractivity contribution in [1.29, 1.82) is 0 Å². The molecule has 2 N–H and O–H groups in total. The van der Waals surface area contributed by atoms with Gasteiger partial charge in [0.2, 0.25) is 6.10 Å². The fourth-order valence-electron chi connectivity index (χ4n) is 3.00. The molecular weight excluding hydrogens is 380 g/mol. The molecule has 1 heterocycles. The van der Waals surface area contributed by atoms with Crippen LogP contribution in [-0.4, -0.2) is 26.6 Å². The molecule has 1 aromatic heterocycles. The third-order valence-electron chi connectivity index (χ3n) is 4.41. The Labute approximate surface area is 172 Å². The SMILES string of the molecule is NC(=O)C(OC(=O)c1nc(-c2ccccc2)n(-c2ccccc2)n1)c1ccccc1. The number of ether oxygens (including phenoxy) is 1. The van der Waals surface area contributed by atoms with Crippen LogP contribution in [0, 0.1) is 0 Å². The van der Waals surface area contributed by atoms with Gasteiger partial charge in [-0.1, -0.05) is 78.9 Å². The first-order valence-corrected chi connectivity index (χ1v) is 9.26. The minimum absolute atomic E-state index is 0.167. The molecule has 4 rings (SSSR count). The summed E-state index contributed by atoms with van der Waals surface area (Å²) >= 11 is 0. The van der Waals surface area contributed by atoms with E-state index in [0.29, 0.717) is 11.4 Å². The highest BCUT2D eigenvalue weighted by Crippen LogP contribution is 2.23. The number of amides is 1. The van der Waals surface area contributed by atoms with Gasteiger partial charge in [-0.25, -0.2) is 14.5 Å². The van der Waals surface area contributed by atoms with E-state index in [9.17, 15) is 9.59 Å². The van der Waals surface area contributed by atoms with Crippen LogP contribution in [0.15, 0.2) is 91.0 Å². The zero-order valence-corrected chi connectivity index (χ0v) is 15.9. The fourth-order valence-corrected chi connectivity index (χ4v) is 3.00. The van der Waals surface area contributed by atoms with Gasteiger partial charge >= 0.3 is 5.97 Å². The standard InChI is InChI=1S/C23H18N4O3/c24-20(28)19(16-10-4-1-5-11-16)30-23(29)21-25-22(17-12-6-2-7-13-17)27(26-21)18-14-8-3-9-15-18/h1-15,19H,(H2,24,28). The number of nitrogens with two attached hydrogens (primary N) is 1. The first-order chi connectivity index (χ1) is 14.6. The number of primary amides is 1. The smallest absolute Gasteiger partial charge is 0.379 e. The minimum Gasteiger partial charge on any atom is -0.441 e. The van der Waals surface area contributed by atoms with Crippen molar-refractivity contribution in [2.75, 3.05) is 0 Å². The normalized spacial score (nSPS) is 11.6. The second-order valence-corrected chi connectivity index (χ2v) is 6.47. The van der Waals surface area contributed by atoms with Crippen molar-refractivity contribution in [2.45, 2.75) is 6.10 Å². The van der Waals surface area contributed by atoms with Gasteiger partial charge in [0, 0.05) is 11.1 Å². The molecule has 1 atom stereocenters. The highest BCUT2D eigenvalue weighted by molar-refractivity contribution is 5.90. The molecule has 7 nitrogen and oxygen atoms in total. The van der Waals surface area contributed by atoms with Crippen LogP contribution in [0.5, 0.6) is 0 Å². The largest absolute Gasteiger partial charge is 0.441 e. The van der Waals surface area contributed by atoms with Crippen LogP contribution in [0.2, 0.25) is 0 Å². The number of carbonyl (C=O) groups is 2. The van der Waals surface area contributed by atoms with Crippen LogP contribution in [-0.2, 0) is 9.53 Å². The molecule has 0 saturated heterocycles. The van der Waals surface area contributed by atoms with Crippen LogP contribution >= 0.6 is 0 Å². The van der Waals surface area contributed by atoms with Crippen molar-refractivity contribution in [2.24, 2.45) is 5.73 Å². The Morgan fingerprint density at radius 2 is 1.40 bits per heavy atom. The molecule has 7 heteroatoms. The molecular formula is C23H18N4O3. The third kappa shape index (κ3) is 3.95. The summed E-state index contributed by atoms with van der Waals surface area (Å²) in [6.07, 6.45) is -1.23. The van der Waals surface area contributed by atoms with Crippen LogP contribution in [0.1, 0.15) is 22.3 Å². The van der Waals surface area contributed by atoms with Crippen molar-refractivity contribution in [3.63, 3.8) is 0 Å². The summed E-state index contributed by atoms with van der Waals surface area (Å²) in [5, 5.41) is 4.34. The lowest BCUT2D eigenvalue weighted by Crippen LogP contribution is -2.26. The second-order valence-electron chi connectivity index (χ2n) is 6.47. The van der Waals surface area contributed by atoms with Crippen LogP contribution < -0.4 is 5.73 Å². The first-order valence-electron chi connectivity index (χ1n) is 9.26. The molecule has 0 radical (unpaired) electrons. The highest BCUT2D eigenvalue weighted by atomic mass is 16.5. The molecule has 30 heavy (non-hydrogen) atoms. The molecule has 4 aromatic rings. The number of carbonyl (C=O) groups excluding carboxylic acids is 2. The van der Waals surface area contributed by atoms with E-state index in [1.54, 1.807) is 35.0 Å². The summed E-state index contributed by atoms with van der Waals surface area (Å²) in [7, 11) is 0. The van der Waals surface area contributed by atoms with E-state index in [2.05, 4.69) is 10.1 Å². The van der Waals surface area contributed by atoms with E-state index >= 15 is 0 Å². The van der Waals surface area contributed by atoms with Crippen molar-refractivity contribution in [1.82, 2.24) is 14.8 Å². The average Bonchev–Trinajstić information content (AvgIpc) is 3.24. The molecule has 1 amide bonds. The Bertz CT molecular complexity index is 1100. The van der Waals surface area contributed by atoms with E-state index in [0.717, 1.165) is 11.3 Å². The molecule has 0 fully saturated rings. The van der Waals surface area contributed by atoms with E-state index in [1.807, 2.05) is 60.7 Å². The number of hydrogen-bond donors (Lipinski definition) is 1. The van der Waals surface area contributed by atoms with Crippen molar-refractivity contribution < 1.29 is 14.3 Å².